The highest BCUT2D eigenvalue weighted by molar-refractivity contribution is 6.36. The molecule has 0 unspecified atom stereocenters. The SMILES string of the molecule is Nc1cnc(-c2cc(Cl)c3ccccc3c2)c(-c2ccccc2)n1. The molecule has 3 aromatic carbocycles. The van der Waals surface area contributed by atoms with E-state index in [1.165, 1.54) is 0 Å². The largest absolute Gasteiger partial charge is 0.382 e. The normalized spacial score (nSPS) is 10.9. The number of hydrogen-bond donors (Lipinski definition) is 1. The summed E-state index contributed by atoms with van der Waals surface area (Å²) in [5.41, 5.74) is 9.27. The fourth-order valence-electron chi connectivity index (χ4n) is 2.81. The fourth-order valence-corrected chi connectivity index (χ4v) is 3.10. The molecule has 0 amide bonds. The number of halogens is 1. The van der Waals surface area contributed by atoms with E-state index >= 15 is 0 Å². The minimum atomic E-state index is 0.393. The van der Waals surface area contributed by atoms with Crippen molar-refractivity contribution in [1.82, 2.24) is 9.97 Å². The summed E-state index contributed by atoms with van der Waals surface area (Å²) < 4.78 is 0. The maximum absolute atomic E-state index is 6.47. The Balaban J connectivity index is 1.97. The molecule has 0 atom stereocenters. The van der Waals surface area contributed by atoms with E-state index in [9.17, 15) is 0 Å². The van der Waals surface area contributed by atoms with Crippen LogP contribution in [0.5, 0.6) is 0 Å². The van der Waals surface area contributed by atoms with Crippen LogP contribution < -0.4 is 5.73 Å². The van der Waals surface area contributed by atoms with Gasteiger partial charge in [-0.25, -0.2) is 4.98 Å². The Kier molecular flexibility index (Phi) is 3.63. The number of hydrogen-bond acceptors (Lipinski definition) is 3. The molecule has 116 valence electrons. The lowest BCUT2D eigenvalue weighted by molar-refractivity contribution is 1.22. The molecule has 2 N–H and O–H groups in total. The van der Waals surface area contributed by atoms with Crippen LogP contribution in [0.15, 0.2) is 72.9 Å². The number of nitrogens with two attached hydrogens (primary N) is 1. The number of benzene rings is 3. The summed E-state index contributed by atoms with van der Waals surface area (Å²) in [6, 6.07) is 21.9. The second-order valence-electron chi connectivity index (χ2n) is 5.54. The first-order chi connectivity index (χ1) is 11.7. The third kappa shape index (κ3) is 2.59. The number of aromatic nitrogens is 2. The van der Waals surface area contributed by atoms with Gasteiger partial charge in [0.05, 0.1) is 17.6 Å². The Morgan fingerprint density at radius 1 is 0.792 bits per heavy atom. The second kappa shape index (κ2) is 5.95. The Bertz CT molecular complexity index is 1030. The third-order valence-corrected chi connectivity index (χ3v) is 4.24. The summed E-state index contributed by atoms with van der Waals surface area (Å²) >= 11 is 6.47. The molecule has 0 radical (unpaired) electrons. The van der Waals surface area contributed by atoms with E-state index < -0.39 is 0 Å². The molecule has 4 rings (SSSR count). The number of rotatable bonds is 2. The zero-order chi connectivity index (χ0) is 16.5. The second-order valence-corrected chi connectivity index (χ2v) is 5.94. The van der Waals surface area contributed by atoms with Crippen LogP contribution in [-0.2, 0) is 0 Å². The zero-order valence-corrected chi connectivity index (χ0v) is 13.5. The molecule has 0 fully saturated rings. The summed E-state index contributed by atoms with van der Waals surface area (Å²) in [5.74, 6) is 0.393. The van der Waals surface area contributed by atoms with E-state index in [0.29, 0.717) is 10.8 Å². The van der Waals surface area contributed by atoms with Crippen molar-refractivity contribution >= 4 is 28.2 Å². The van der Waals surface area contributed by atoms with Gasteiger partial charge in [-0.3, -0.25) is 4.98 Å². The van der Waals surface area contributed by atoms with Gasteiger partial charge in [-0.1, -0.05) is 66.2 Å². The molecule has 1 heterocycles. The van der Waals surface area contributed by atoms with E-state index in [4.69, 9.17) is 17.3 Å². The number of fused-ring (bicyclic) bond motifs is 1. The highest BCUT2D eigenvalue weighted by Gasteiger charge is 2.13. The van der Waals surface area contributed by atoms with Crippen molar-refractivity contribution in [1.29, 1.82) is 0 Å². The van der Waals surface area contributed by atoms with E-state index in [0.717, 1.165) is 33.3 Å². The molecule has 24 heavy (non-hydrogen) atoms. The smallest absolute Gasteiger partial charge is 0.142 e. The summed E-state index contributed by atoms with van der Waals surface area (Å²) in [6.45, 7) is 0. The van der Waals surface area contributed by atoms with Crippen molar-refractivity contribution in [2.24, 2.45) is 0 Å². The quantitative estimate of drug-likeness (QED) is 0.549. The van der Waals surface area contributed by atoms with Crippen LogP contribution in [0.4, 0.5) is 5.82 Å². The van der Waals surface area contributed by atoms with Crippen molar-refractivity contribution in [3.63, 3.8) is 0 Å². The summed E-state index contributed by atoms with van der Waals surface area (Å²) in [5, 5.41) is 2.78. The van der Waals surface area contributed by atoms with Crippen LogP contribution in [0.25, 0.3) is 33.3 Å². The predicted octanol–water partition coefficient (Wildman–Crippen LogP) is 5.20. The number of anilines is 1. The number of nitrogens with zero attached hydrogens (tertiary/aromatic N) is 2. The summed E-state index contributed by atoms with van der Waals surface area (Å²) in [7, 11) is 0. The molecule has 1 aromatic heterocycles. The first-order valence-electron chi connectivity index (χ1n) is 7.59. The fraction of sp³-hybridized carbons (Fsp3) is 0. The van der Waals surface area contributed by atoms with Crippen molar-refractivity contribution in [3.05, 3.63) is 77.9 Å². The van der Waals surface area contributed by atoms with Crippen LogP contribution in [0.3, 0.4) is 0 Å². The van der Waals surface area contributed by atoms with Gasteiger partial charge in [-0.2, -0.15) is 0 Å². The maximum atomic E-state index is 6.47. The maximum Gasteiger partial charge on any atom is 0.142 e. The topological polar surface area (TPSA) is 51.8 Å². The third-order valence-electron chi connectivity index (χ3n) is 3.92. The molecule has 4 heteroatoms. The lowest BCUT2D eigenvalue weighted by atomic mass is 10.0. The Morgan fingerprint density at radius 2 is 1.54 bits per heavy atom. The van der Waals surface area contributed by atoms with Crippen LogP contribution in [-0.4, -0.2) is 9.97 Å². The molecule has 0 bridgehead atoms. The minimum absolute atomic E-state index is 0.393. The monoisotopic (exact) mass is 331 g/mol. The first-order valence-corrected chi connectivity index (χ1v) is 7.97. The standard InChI is InChI=1S/C20H14ClN3/c21-17-11-15(10-14-8-4-5-9-16(14)17)19-20(24-18(22)12-23-19)13-6-2-1-3-7-13/h1-12H,(H2,22,24). The van der Waals surface area contributed by atoms with E-state index in [1.807, 2.05) is 60.7 Å². The summed E-state index contributed by atoms with van der Waals surface area (Å²) in [4.78, 5) is 9.03. The van der Waals surface area contributed by atoms with Gasteiger partial charge in [0, 0.05) is 21.5 Å². The van der Waals surface area contributed by atoms with Crippen LogP contribution in [0.2, 0.25) is 5.02 Å². The van der Waals surface area contributed by atoms with Crippen LogP contribution in [0.1, 0.15) is 0 Å². The van der Waals surface area contributed by atoms with Gasteiger partial charge >= 0.3 is 0 Å². The molecule has 0 aliphatic rings. The van der Waals surface area contributed by atoms with Crippen LogP contribution in [0, 0.1) is 0 Å². The first kappa shape index (κ1) is 14.7. The van der Waals surface area contributed by atoms with Gasteiger partial charge in [0.1, 0.15) is 5.82 Å². The minimum Gasteiger partial charge on any atom is -0.382 e. The van der Waals surface area contributed by atoms with Gasteiger partial charge in [-0.15, -0.1) is 0 Å². The summed E-state index contributed by atoms with van der Waals surface area (Å²) in [6.07, 6.45) is 1.57. The molecular formula is C20H14ClN3. The number of nitrogen functional groups attached to an aromatic ring is 1. The van der Waals surface area contributed by atoms with E-state index in [-0.39, 0.29) is 0 Å². The molecule has 0 aliphatic heterocycles. The zero-order valence-electron chi connectivity index (χ0n) is 12.8. The van der Waals surface area contributed by atoms with E-state index in [2.05, 4.69) is 16.0 Å². The Morgan fingerprint density at radius 3 is 2.38 bits per heavy atom. The van der Waals surface area contributed by atoms with Gasteiger partial charge in [0.25, 0.3) is 0 Å². The van der Waals surface area contributed by atoms with Gasteiger partial charge in [0.15, 0.2) is 0 Å². The van der Waals surface area contributed by atoms with Gasteiger partial charge < -0.3 is 5.73 Å². The van der Waals surface area contributed by atoms with Crippen molar-refractivity contribution in [3.8, 4) is 22.5 Å². The van der Waals surface area contributed by atoms with Gasteiger partial charge in [0.2, 0.25) is 0 Å². The average Bonchev–Trinajstić information content (AvgIpc) is 2.62. The lowest BCUT2D eigenvalue weighted by Gasteiger charge is -2.11. The Hall–Kier alpha value is -2.91. The van der Waals surface area contributed by atoms with Crippen molar-refractivity contribution in [2.75, 3.05) is 5.73 Å². The van der Waals surface area contributed by atoms with Gasteiger partial charge in [-0.05, 0) is 17.5 Å². The van der Waals surface area contributed by atoms with E-state index in [1.54, 1.807) is 6.20 Å². The molecule has 3 nitrogen and oxygen atoms in total. The van der Waals surface area contributed by atoms with Crippen LogP contribution >= 0.6 is 11.6 Å². The Labute approximate surface area is 144 Å². The van der Waals surface area contributed by atoms with Crippen molar-refractivity contribution in [2.45, 2.75) is 0 Å². The average molecular weight is 332 g/mol. The molecule has 4 aromatic rings. The molecule has 0 saturated heterocycles. The molecule has 0 aliphatic carbocycles. The highest BCUT2D eigenvalue weighted by Crippen LogP contribution is 2.34. The van der Waals surface area contributed by atoms with Crippen molar-refractivity contribution < 1.29 is 0 Å². The predicted molar refractivity (Wildman–Crippen MR) is 99.8 cm³/mol. The lowest BCUT2D eigenvalue weighted by Crippen LogP contribution is -1.98. The molecular weight excluding hydrogens is 318 g/mol. The highest BCUT2D eigenvalue weighted by atomic mass is 35.5. The molecule has 0 saturated carbocycles. The molecule has 0 spiro atoms.